The lowest BCUT2D eigenvalue weighted by atomic mass is 9.79. The van der Waals surface area contributed by atoms with Crippen LogP contribution >= 0.6 is 0 Å². The smallest absolute Gasteiger partial charge is 0.280 e. The second-order valence-electron chi connectivity index (χ2n) is 7.82. The number of aromatic nitrogens is 1. The fourth-order valence-corrected chi connectivity index (χ4v) is 4.52. The third-order valence-electron chi connectivity index (χ3n) is 6.08. The second-order valence-corrected chi connectivity index (χ2v) is 7.82. The molecule has 2 saturated heterocycles. The van der Waals surface area contributed by atoms with Crippen LogP contribution in [0.25, 0.3) is 0 Å². The van der Waals surface area contributed by atoms with Crippen LogP contribution in [0, 0.1) is 0 Å². The molecule has 0 aliphatic carbocycles. The molecule has 0 bridgehead atoms. The zero-order valence-electron chi connectivity index (χ0n) is 16.0. The molecule has 2 aromatic rings. The summed E-state index contributed by atoms with van der Waals surface area (Å²) in [4.78, 5) is 28.1. The highest BCUT2D eigenvalue weighted by Gasteiger charge is 2.47. The van der Waals surface area contributed by atoms with Gasteiger partial charge in [0.05, 0.1) is 6.04 Å². The van der Waals surface area contributed by atoms with Crippen molar-refractivity contribution in [3.05, 3.63) is 58.1 Å². The molecular formula is C21H27N3O4. The Kier molecular flexibility index (Phi) is 5.37. The topological polar surface area (TPSA) is 89.8 Å². The van der Waals surface area contributed by atoms with Gasteiger partial charge in [0.15, 0.2) is 0 Å². The number of aliphatic hydroxyl groups is 1. The highest BCUT2D eigenvalue weighted by atomic mass is 16.5. The maximum absolute atomic E-state index is 12.8. The Bertz CT molecular complexity index is 856. The number of rotatable bonds is 5. The van der Waals surface area contributed by atoms with Crippen molar-refractivity contribution in [2.75, 3.05) is 26.2 Å². The van der Waals surface area contributed by atoms with E-state index in [9.17, 15) is 14.7 Å². The molecule has 2 atom stereocenters. The van der Waals surface area contributed by atoms with Gasteiger partial charge in [-0.3, -0.25) is 14.5 Å². The fourth-order valence-electron chi connectivity index (χ4n) is 4.52. The first-order valence-corrected chi connectivity index (χ1v) is 10.0. The van der Waals surface area contributed by atoms with E-state index >= 15 is 0 Å². The summed E-state index contributed by atoms with van der Waals surface area (Å²) in [5.74, 6) is 0.524. The molecule has 150 valence electrons. The molecule has 0 unspecified atom stereocenters. The number of nitrogens with one attached hydrogen (secondary N) is 1. The molecule has 4 rings (SSSR count). The molecule has 0 spiro atoms. The largest absolute Gasteiger partial charge is 0.384 e. The van der Waals surface area contributed by atoms with Crippen molar-refractivity contribution in [2.45, 2.75) is 43.7 Å². The summed E-state index contributed by atoms with van der Waals surface area (Å²) in [7, 11) is 0. The quantitative estimate of drug-likeness (QED) is 0.814. The number of nitrogens with zero attached hydrogens (tertiary/aromatic N) is 2. The van der Waals surface area contributed by atoms with Crippen molar-refractivity contribution in [3.63, 3.8) is 0 Å². The summed E-state index contributed by atoms with van der Waals surface area (Å²) in [6.45, 7) is 2.94. The van der Waals surface area contributed by atoms with E-state index in [2.05, 4.69) is 10.1 Å². The minimum atomic E-state index is -0.949. The third kappa shape index (κ3) is 3.77. The highest BCUT2D eigenvalue weighted by Crippen LogP contribution is 2.37. The van der Waals surface area contributed by atoms with Gasteiger partial charge < -0.3 is 14.5 Å². The van der Waals surface area contributed by atoms with Crippen LogP contribution in [0.4, 0.5) is 0 Å². The minimum absolute atomic E-state index is 0.0307. The van der Waals surface area contributed by atoms with Crippen LogP contribution in [0.1, 0.15) is 37.0 Å². The van der Waals surface area contributed by atoms with Crippen molar-refractivity contribution in [1.82, 2.24) is 15.0 Å². The number of aryl methyl sites for hydroxylation is 1. The lowest BCUT2D eigenvalue weighted by Crippen LogP contribution is -2.61. The van der Waals surface area contributed by atoms with Gasteiger partial charge in [-0.1, -0.05) is 30.3 Å². The Morgan fingerprint density at radius 2 is 1.96 bits per heavy atom. The van der Waals surface area contributed by atoms with Gasteiger partial charge in [-0.15, -0.1) is 0 Å². The van der Waals surface area contributed by atoms with Crippen molar-refractivity contribution in [2.24, 2.45) is 0 Å². The van der Waals surface area contributed by atoms with Crippen LogP contribution < -0.4 is 5.56 Å². The molecule has 28 heavy (non-hydrogen) atoms. The maximum atomic E-state index is 12.8. The molecule has 2 fully saturated rings. The number of carbonyl (C=O) groups is 1. The monoisotopic (exact) mass is 385 g/mol. The standard InChI is InChI=1S/C21H27N3O4/c25-19-14-17(28-22-19)8-9-20(26)24-13-10-21(27,16-6-2-1-3-7-16)18(15-24)23-11-4-5-12-23/h1-3,6-7,14,18,27H,4-5,8-13,15H2,(H,22,25)/t18-,21+/m1/s1. The molecule has 3 heterocycles. The Morgan fingerprint density at radius 1 is 1.21 bits per heavy atom. The van der Waals surface area contributed by atoms with Gasteiger partial charge in [0.1, 0.15) is 11.4 Å². The van der Waals surface area contributed by atoms with Crippen LogP contribution in [0.15, 0.2) is 45.7 Å². The first kappa shape index (κ1) is 19.0. The number of piperidine rings is 1. The first-order chi connectivity index (χ1) is 13.6. The molecule has 2 aliphatic heterocycles. The van der Waals surface area contributed by atoms with Crippen molar-refractivity contribution >= 4 is 5.91 Å². The Balaban J connectivity index is 1.48. The van der Waals surface area contributed by atoms with Crippen LogP contribution in [-0.2, 0) is 16.8 Å². The van der Waals surface area contributed by atoms with Gasteiger partial charge in [0.25, 0.3) is 5.56 Å². The van der Waals surface area contributed by atoms with E-state index in [0.717, 1.165) is 31.5 Å². The number of aromatic amines is 1. The number of carbonyl (C=O) groups excluding carboxylic acids is 1. The van der Waals surface area contributed by atoms with Crippen molar-refractivity contribution in [3.8, 4) is 0 Å². The lowest BCUT2D eigenvalue weighted by molar-refractivity contribution is -0.143. The third-order valence-corrected chi connectivity index (χ3v) is 6.08. The lowest BCUT2D eigenvalue weighted by Gasteiger charge is -2.48. The average molecular weight is 385 g/mol. The molecule has 2 N–H and O–H groups in total. The molecule has 2 aliphatic rings. The van der Waals surface area contributed by atoms with E-state index in [4.69, 9.17) is 4.52 Å². The summed E-state index contributed by atoms with van der Waals surface area (Å²) in [6, 6.07) is 11.1. The predicted molar refractivity (Wildman–Crippen MR) is 104 cm³/mol. The fraction of sp³-hybridized carbons (Fsp3) is 0.524. The molecular weight excluding hydrogens is 358 g/mol. The SMILES string of the molecule is O=C(CCc1cc(=O)[nH]o1)N1CC[C@](O)(c2ccccc2)[C@H](N2CCCC2)C1. The van der Waals surface area contributed by atoms with Crippen LogP contribution in [0.2, 0.25) is 0 Å². The minimum Gasteiger partial charge on any atom is -0.384 e. The summed E-state index contributed by atoms with van der Waals surface area (Å²) < 4.78 is 5.04. The number of benzene rings is 1. The summed E-state index contributed by atoms with van der Waals surface area (Å²) in [5.41, 5.74) is -0.314. The van der Waals surface area contributed by atoms with Gasteiger partial charge in [-0.05, 0) is 37.9 Å². The van der Waals surface area contributed by atoms with E-state index in [1.807, 2.05) is 35.2 Å². The Labute approximate surface area is 163 Å². The highest BCUT2D eigenvalue weighted by molar-refractivity contribution is 5.76. The van der Waals surface area contributed by atoms with E-state index in [0.29, 0.717) is 31.7 Å². The molecule has 0 saturated carbocycles. The summed E-state index contributed by atoms with van der Waals surface area (Å²) in [6.07, 6.45) is 3.45. The Hall–Kier alpha value is -2.38. The van der Waals surface area contributed by atoms with Gasteiger partial charge in [0, 0.05) is 32.0 Å². The molecule has 1 amide bonds. The molecule has 7 heteroatoms. The molecule has 7 nitrogen and oxygen atoms in total. The van der Waals surface area contributed by atoms with E-state index in [1.54, 1.807) is 0 Å². The van der Waals surface area contributed by atoms with Crippen LogP contribution in [0.3, 0.4) is 0 Å². The summed E-state index contributed by atoms with van der Waals surface area (Å²) in [5, 5.41) is 13.9. The Morgan fingerprint density at radius 3 is 2.64 bits per heavy atom. The molecule has 0 radical (unpaired) electrons. The summed E-state index contributed by atoms with van der Waals surface area (Å²) >= 11 is 0. The van der Waals surface area contributed by atoms with Crippen molar-refractivity contribution < 1.29 is 14.4 Å². The van der Waals surface area contributed by atoms with Gasteiger partial charge in [0.2, 0.25) is 5.91 Å². The number of hydrogen-bond donors (Lipinski definition) is 2. The van der Waals surface area contributed by atoms with E-state index in [1.165, 1.54) is 6.07 Å². The van der Waals surface area contributed by atoms with Gasteiger partial charge in [-0.2, -0.15) is 5.16 Å². The average Bonchev–Trinajstić information content (AvgIpc) is 3.39. The number of amides is 1. The first-order valence-electron chi connectivity index (χ1n) is 10.0. The van der Waals surface area contributed by atoms with E-state index < -0.39 is 5.60 Å². The maximum Gasteiger partial charge on any atom is 0.280 e. The second kappa shape index (κ2) is 7.93. The number of likely N-dealkylation sites (tertiary alicyclic amines) is 2. The van der Waals surface area contributed by atoms with Crippen LogP contribution in [-0.4, -0.2) is 58.2 Å². The van der Waals surface area contributed by atoms with Gasteiger partial charge in [-0.25, -0.2) is 0 Å². The van der Waals surface area contributed by atoms with Crippen LogP contribution in [0.5, 0.6) is 0 Å². The number of hydrogen-bond acceptors (Lipinski definition) is 5. The van der Waals surface area contributed by atoms with E-state index in [-0.39, 0.29) is 23.9 Å². The zero-order valence-corrected chi connectivity index (χ0v) is 16.0. The zero-order chi connectivity index (χ0) is 19.6. The van der Waals surface area contributed by atoms with Gasteiger partial charge >= 0.3 is 0 Å². The predicted octanol–water partition coefficient (Wildman–Crippen LogP) is 1.48. The van der Waals surface area contributed by atoms with Crippen molar-refractivity contribution in [1.29, 1.82) is 0 Å². The number of H-pyrrole nitrogens is 1. The molecule has 1 aromatic carbocycles. The molecule has 1 aromatic heterocycles. The normalized spacial score (nSPS) is 25.9.